The Morgan fingerprint density at radius 3 is 2.18 bits per heavy atom. The zero-order valence-electron chi connectivity index (χ0n) is 26.1. The number of ketones is 1. The molecule has 10 heteroatoms. The molecular formula is C35H45N5O5. The Morgan fingerprint density at radius 1 is 0.800 bits per heavy atom. The molecule has 1 heterocycles. The number of hydrogen-bond acceptors (Lipinski definition) is 8. The number of nitrogens with one attached hydrogen (secondary N) is 1. The van der Waals surface area contributed by atoms with Crippen molar-refractivity contribution in [2.24, 2.45) is 11.5 Å². The molecule has 0 aromatic heterocycles. The summed E-state index contributed by atoms with van der Waals surface area (Å²) in [6, 6.07) is 20.0. The fraction of sp³-hybridized carbons (Fsp3) is 0.400. The number of hydrogen-bond donors (Lipinski definition) is 3. The van der Waals surface area contributed by atoms with Crippen molar-refractivity contribution >= 4 is 23.3 Å². The standard InChI is InChI=1S/C35H45N5O5/c1-39-20-22-40(23-21-39)32(41)14-3-2-8-24-45-31-13-7-5-11-29(31)38-35(43)27-17-15-26(16-18-27)33(37)34(42)28-10-4-6-12-30(28)44-25-9-19-36/h4-7,10-13,15-18,33H,2-3,8-9,14,19-25,36-37H2,1H3,(H,38,43). The van der Waals surface area contributed by atoms with E-state index in [2.05, 4.69) is 17.3 Å². The van der Waals surface area contributed by atoms with Gasteiger partial charge in [0, 0.05) is 38.2 Å². The van der Waals surface area contributed by atoms with Crippen molar-refractivity contribution in [3.63, 3.8) is 0 Å². The number of likely N-dealkylation sites (N-methyl/N-ethyl adjacent to an activating group) is 1. The van der Waals surface area contributed by atoms with Crippen molar-refractivity contribution in [1.29, 1.82) is 0 Å². The fourth-order valence-corrected chi connectivity index (χ4v) is 5.06. The number of anilines is 1. The van der Waals surface area contributed by atoms with Crippen LogP contribution in [0.5, 0.6) is 11.5 Å². The van der Waals surface area contributed by atoms with Gasteiger partial charge < -0.3 is 36.1 Å². The minimum absolute atomic E-state index is 0.229. The molecule has 240 valence electrons. The van der Waals surface area contributed by atoms with Crippen molar-refractivity contribution in [3.05, 3.63) is 89.5 Å². The molecule has 10 nitrogen and oxygen atoms in total. The van der Waals surface area contributed by atoms with Crippen molar-refractivity contribution in [3.8, 4) is 11.5 Å². The lowest BCUT2D eigenvalue weighted by atomic mass is 9.96. The van der Waals surface area contributed by atoms with Crippen LogP contribution >= 0.6 is 0 Å². The van der Waals surface area contributed by atoms with Gasteiger partial charge in [0.2, 0.25) is 5.91 Å². The molecule has 3 aromatic rings. The topological polar surface area (TPSA) is 140 Å². The molecule has 1 aliphatic heterocycles. The summed E-state index contributed by atoms with van der Waals surface area (Å²) in [6.45, 7) is 4.86. The Bertz CT molecular complexity index is 1410. The number of carbonyl (C=O) groups is 3. The molecule has 5 N–H and O–H groups in total. The lowest BCUT2D eigenvalue weighted by molar-refractivity contribution is -0.132. The number of piperazine rings is 1. The molecule has 1 atom stereocenters. The molecule has 0 spiro atoms. The molecule has 4 rings (SSSR count). The summed E-state index contributed by atoms with van der Waals surface area (Å²) < 4.78 is 11.7. The monoisotopic (exact) mass is 615 g/mol. The highest BCUT2D eigenvalue weighted by atomic mass is 16.5. The second-order valence-corrected chi connectivity index (χ2v) is 11.2. The number of para-hydroxylation sites is 3. The normalized spacial score (nSPS) is 14.1. The van der Waals surface area contributed by atoms with Crippen molar-refractivity contribution in [1.82, 2.24) is 9.80 Å². The van der Waals surface area contributed by atoms with Crippen molar-refractivity contribution < 1.29 is 23.9 Å². The molecule has 1 saturated heterocycles. The Kier molecular flexibility index (Phi) is 12.9. The lowest BCUT2D eigenvalue weighted by Crippen LogP contribution is -2.47. The van der Waals surface area contributed by atoms with Crippen LogP contribution in [0.4, 0.5) is 5.69 Å². The summed E-state index contributed by atoms with van der Waals surface area (Å²) >= 11 is 0. The van der Waals surface area contributed by atoms with Gasteiger partial charge in [-0.1, -0.05) is 36.4 Å². The van der Waals surface area contributed by atoms with Gasteiger partial charge in [-0.25, -0.2) is 0 Å². The number of nitrogens with two attached hydrogens (primary N) is 2. The fourth-order valence-electron chi connectivity index (χ4n) is 5.06. The SMILES string of the molecule is CN1CCN(C(=O)CCCCCOc2ccccc2NC(=O)c2ccc(C(N)C(=O)c3ccccc3OCCCN)cc2)CC1. The first-order valence-electron chi connectivity index (χ1n) is 15.7. The molecular weight excluding hydrogens is 570 g/mol. The van der Waals surface area contributed by atoms with E-state index in [1.54, 1.807) is 54.6 Å². The van der Waals surface area contributed by atoms with Gasteiger partial charge in [-0.05, 0) is 81.2 Å². The third-order valence-electron chi connectivity index (χ3n) is 7.86. The van der Waals surface area contributed by atoms with Crippen LogP contribution in [0.15, 0.2) is 72.8 Å². The number of carbonyl (C=O) groups excluding carboxylic acids is 3. The maximum absolute atomic E-state index is 13.2. The minimum atomic E-state index is -0.916. The minimum Gasteiger partial charge on any atom is -0.493 e. The maximum atomic E-state index is 13.2. The molecule has 0 saturated carbocycles. The molecule has 0 aliphatic carbocycles. The predicted octanol–water partition coefficient (Wildman–Crippen LogP) is 4.26. The van der Waals surface area contributed by atoms with Crippen LogP contribution in [0, 0.1) is 0 Å². The molecule has 1 fully saturated rings. The van der Waals surface area contributed by atoms with E-state index in [1.165, 1.54) is 0 Å². The molecule has 2 amide bonds. The number of nitrogens with zero attached hydrogens (tertiary/aromatic N) is 2. The Balaban J connectivity index is 1.25. The largest absolute Gasteiger partial charge is 0.493 e. The predicted molar refractivity (Wildman–Crippen MR) is 176 cm³/mol. The van der Waals surface area contributed by atoms with Gasteiger partial charge >= 0.3 is 0 Å². The summed E-state index contributed by atoms with van der Waals surface area (Å²) in [5.74, 6) is 0.699. The number of rotatable bonds is 16. The van der Waals surface area contributed by atoms with E-state index in [1.807, 2.05) is 23.1 Å². The van der Waals surface area contributed by atoms with E-state index >= 15 is 0 Å². The summed E-state index contributed by atoms with van der Waals surface area (Å²) in [5.41, 5.74) is 13.9. The summed E-state index contributed by atoms with van der Waals surface area (Å²) in [6.07, 6.45) is 3.76. The Hall–Kier alpha value is -4.25. The van der Waals surface area contributed by atoms with Crippen LogP contribution in [-0.4, -0.2) is 80.4 Å². The Morgan fingerprint density at radius 2 is 1.44 bits per heavy atom. The van der Waals surface area contributed by atoms with E-state index in [9.17, 15) is 14.4 Å². The lowest BCUT2D eigenvalue weighted by Gasteiger charge is -2.32. The first-order valence-corrected chi connectivity index (χ1v) is 15.7. The highest BCUT2D eigenvalue weighted by molar-refractivity contribution is 6.05. The summed E-state index contributed by atoms with van der Waals surface area (Å²) in [4.78, 5) is 42.9. The second-order valence-electron chi connectivity index (χ2n) is 11.2. The van der Waals surface area contributed by atoms with E-state index in [0.717, 1.165) is 45.4 Å². The van der Waals surface area contributed by atoms with Crippen LogP contribution < -0.4 is 26.3 Å². The molecule has 1 unspecified atom stereocenters. The zero-order valence-corrected chi connectivity index (χ0v) is 26.1. The Labute approximate surface area is 265 Å². The number of Topliss-reactive ketones (excluding diaryl/α,β-unsaturated/α-hetero) is 1. The van der Waals surface area contributed by atoms with Gasteiger partial charge in [0.1, 0.15) is 11.5 Å². The third kappa shape index (κ3) is 9.87. The molecule has 45 heavy (non-hydrogen) atoms. The van der Waals surface area contributed by atoms with Gasteiger partial charge in [-0.15, -0.1) is 0 Å². The van der Waals surface area contributed by atoms with Gasteiger partial charge in [-0.2, -0.15) is 0 Å². The van der Waals surface area contributed by atoms with Crippen molar-refractivity contribution in [2.75, 3.05) is 58.3 Å². The number of benzene rings is 3. The first kappa shape index (κ1) is 33.6. The molecule has 3 aromatic carbocycles. The average Bonchev–Trinajstić information content (AvgIpc) is 3.07. The van der Waals surface area contributed by atoms with Crippen LogP contribution in [0.2, 0.25) is 0 Å². The summed E-state index contributed by atoms with van der Waals surface area (Å²) in [5, 5.41) is 2.92. The highest BCUT2D eigenvalue weighted by Crippen LogP contribution is 2.27. The van der Waals surface area contributed by atoms with Crippen molar-refractivity contribution in [2.45, 2.75) is 38.1 Å². The first-order chi connectivity index (χ1) is 21.9. The van der Waals surface area contributed by atoms with E-state index in [-0.39, 0.29) is 17.6 Å². The number of ether oxygens (including phenoxy) is 2. The molecule has 0 radical (unpaired) electrons. The quantitative estimate of drug-likeness (QED) is 0.160. The average molecular weight is 616 g/mol. The van der Waals surface area contributed by atoms with Gasteiger partial charge in [0.05, 0.1) is 30.5 Å². The van der Waals surface area contributed by atoms with Crippen LogP contribution in [0.3, 0.4) is 0 Å². The van der Waals surface area contributed by atoms with Gasteiger partial charge in [0.25, 0.3) is 5.91 Å². The molecule has 1 aliphatic rings. The van der Waals surface area contributed by atoms with E-state index in [4.69, 9.17) is 20.9 Å². The van der Waals surface area contributed by atoms with Gasteiger partial charge in [-0.3, -0.25) is 14.4 Å². The molecule has 0 bridgehead atoms. The summed E-state index contributed by atoms with van der Waals surface area (Å²) in [7, 11) is 2.08. The van der Waals surface area contributed by atoms with Crippen LogP contribution in [0.1, 0.15) is 64.4 Å². The number of amides is 2. The number of unbranched alkanes of at least 4 members (excludes halogenated alkanes) is 2. The third-order valence-corrected chi connectivity index (χ3v) is 7.86. The smallest absolute Gasteiger partial charge is 0.255 e. The van der Waals surface area contributed by atoms with Crippen LogP contribution in [0.25, 0.3) is 0 Å². The van der Waals surface area contributed by atoms with E-state index in [0.29, 0.717) is 66.5 Å². The van der Waals surface area contributed by atoms with Gasteiger partial charge in [0.15, 0.2) is 5.78 Å². The zero-order chi connectivity index (χ0) is 32.0. The maximum Gasteiger partial charge on any atom is 0.255 e. The second kappa shape index (κ2) is 17.3. The van der Waals surface area contributed by atoms with E-state index < -0.39 is 6.04 Å². The van der Waals surface area contributed by atoms with Crippen LogP contribution in [-0.2, 0) is 4.79 Å². The highest BCUT2D eigenvalue weighted by Gasteiger charge is 2.22.